The summed E-state index contributed by atoms with van der Waals surface area (Å²) in [6, 6.07) is 24.3. The molecular formula is C24H23N3OS. The van der Waals surface area contributed by atoms with Gasteiger partial charge in [0, 0.05) is 29.6 Å². The number of carbonyl (C=O) groups is 1. The van der Waals surface area contributed by atoms with Crippen LogP contribution in [0.25, 0.3) is 21.8 Å². The zero-order valence-electron chi connectivity index (χ0n) is 16.4. The highest BCUT2D eigenvalue weighted by Gasteiger charge is 2.19. The fraction of sp³-hybridized carbons (Fsp3) is 0.208. The summed E-state index contributed by atoms with van der Waals surface area (Å²) < 4.78 is 0. The van der Waals surface area contributed by atoms with Crippen molar-refractivity contribution in [3.8, 4) is 0 Å². The van der Waals surface area contributed by atoms with Crippen LogP contribution < -0.4 is 0 Å². The summed E-state index contributed by atoms with van der Waals surface area (Å²) in [6.07, 6.45) is 3.07. The molecule has 0 fully saturated rings. The van der Waals surface area contributed by atoms with Crippen LogP contribution in [0.5, 0.6) is 0 Å². The first-order valence-corrected chi connectivity index (χ1v) is 11.0. The first kappa shape index (κ1) is 19.6. The van der Waals surface area contributed by atoms with Gasteiger partial charge in [-0.3, -0.25) is 14.9 Å². The number of hydrogen-bond donors (Lipinski definition) is 0. The molecule has 1 atom stereocenters. The molecule has 4 nitrogen and oxygen atoms in total. The monoisotopic (exact) mass is 401 g/mol. The Morgan fingerprint density at radius 1 is 0.828 bits per heavy atom. The van der Waals surface area contributed by atoms with E-state index < -0.39 is 0 Å². The second-order valence-corrected chi connectivity index (χ2v) is 7.97. The highest BCUT2D eigenvalue weighted by atomic mass is 32.2. The minimum Gasteiger partial charge on any atom is -0.302 e. The maximum absolute atomic E-state index is 11.8. The summed E-state index contributed by atoms with van der Waals surface area (Å²) in [5.74, 6) is 0.741. The minimum absolute atomic E-state index is 0.188. The second-order valence-electron chi connectivity index (χ2n) is 7.05. The Hall–Kier alpha value is -2.76. The van der Waals surface area contributed by atoms with Gasteiger partial charge in [0.25, 0.3) is 0 Å². The van der Waals surface area contributed by atoms with Crippen LogP contribution in [0.4, 0.5) is 0 Å². The van der Waals surface area contributed by atoms with E-state index in [1.54, 1.807) is 11.8 Å². The number of thioether (sulfide) groups is 1. The SMILES string of the molecule is CSCC(C=O)N(Cc1ccc2ccccc2n1)Cc1ccc2ccccc2n1. The van der Waals surface area contributed by atoms with Gasteiger partial charge in [0.1, 0.15) is 6.29 Å². The average molecular weight is 402 g/mol. The average Bonchev–Trinajstić information content (AvgIpc) is 2.77. The molecule has 0 aliphatic heterocycles. The number of benzene rings is 2. The summed E-state index contributed by atoms with van der Waals surface area (Å²) in [5, 5.41) is 2.24. The smallest absolute Gasteiger partial charge is 0.137 e. The Morgan fingerprint density at radius 3 is 1.83 bits per heavy atom. The van der Waals surface area contributed by atoms with Crippen molar-refractivity contribution < 1.29 is 4.79 Å². The first-order valence-electron chi connectivity index (χ1n) is 9.64. The van der Waals surface area contributed by atoms with Crippen LogP contribution in [-0.4, -0.2) is 39.2 Å². The van der Waals surface area contributed by atoms with E-state index in [-0.39, 0.29) is 6.04 Å². The van der Waals surface area contributed by atoms with Crippen LogP contribution in [0.1, 0.15) is 11.4 Å². The van der Waals surface area contributed by atoms with Gasteiger partial charge < -0.3 is 4.79 Å². The lowest BCUT2D eigenvalue weighted by Gasteiger charge is -2.27. The molecule has 0 N–H and O–H groups in total. The predicted molar refractivity (Wildman–Crippen MR) is 121 cm³/mol. The van der Waals surface area contributed by atoms with Gasteiger partial charge in [-0.15, -0.1) is 0 Å². The van der Waals surface area contributed by atoms with Gasteiger partial charge in [-0.25, -0.2) is 0 Å². The molecule has 0 aliphatic carbocycles. The quantitative estimate of drug-likeness (QED) is 0.400. The molecule has 0 saturated heterocycles. The molecule has 0 spiro atoms. The van der Waals surface area contributed by atoms with Gasteiger partial charge in [0.2, 0.25) is 0 Å². The fourth-order valence-electron chi connectivity index (χ4n) is 3.50. The molecule has 2 aromatic carbocycles. The Balaban J connectivity index is 1.63. The van der Waals surface area contributed by atoms with E-state index in [4.69, 9.17) is 9.97 Å². The number of para-hydroxylation sites is 2. The summed E-state index contributed by atoms with van der Waals surface area (Å²) in [7, 11) is 0. The molecule has 2 heterocycles. The zero-order chi connectivity index (χ0) is 20.1. The maximum Gasteiger partial charge on any atom is 0.137 e. The van der Waals surface area contributed by atoms with Crippen molar-refractivity contribution >= 4 is 39.9 Å². The van der Waals surface area contributed by atoms with Crippen molar-refractivity contribution in [3.05, 3.63) is 84.2 Å². The van der Waals surface area contributed by atoms with E-state index in [0.717, 1.165) is 45.2 Å². The van der Waals surface area contributed by atoms with Crippen LogP contribution in [0.3, 0.4) is 0 Å². The molecule has 0 amide bonds. The molecular weight excluding hydrogens is 378 g/mol. The topological polar surface area (TPSA) is 46.1 Å². The van der Waals surface area contributed by atoms with E-state index in [1.807, 2.05) is 54.8 Å². The number of aromatic nitrogens is 2. The number of fused-ring (bicyclic) bond motifs is 2. The highest BCUT2D eigenvalue weighted by Crippen LogP contribution is 2.18. The van der Waals surface area contributed by atoms with Gasteiger partial charge in [-0.2, -0.15) is 11.8 Å². The molecule has 29 heavy (non-hydrogen) atoms. The van der Waals surface area contributed by atoms with Crippen LogP contribution in [0, 0.1) is 0 Å². The van der Waals surface area contributed by atoms with Gasteiger partial charge in [-0.05, 0) is 30.5 Å². The Morgan fingerprint density at radius 2 is 1.34 bits per heavy atom. The van der Waals surface area contributed by atoms with Crippen molar-refractivity contribution in [2.45, 2.75) is 19.1 Å². The number of aldehydes is 1. The molecule has 2 aromatic heterocycles. The van der Waals surface area contributed by atoms with E-state index in [1.165, 1.54) is 0 Å². The molecule has 1 unspecified atom stereocenters. The summed E-state index contributed by atoms with van der Waals surface area (Å²) in [6.45, 7) is 1.20. The highest BCUT2D eigenvalue weighted by molar-refractivity contribution is 7.98. The van der Waals surface area contributed by atoms with E-state index in [2.05, 4.69) is 29.2 Å². The molecule has 4 aromatic rings. The molecule has 0 bridgehead atoms. The van der Waals surface area contributed by atoms with Crippen LogP contribution in [-0.2, 0) is 17.9 Å². The Labute approximate surface area is 175 Å². The molecule has 146 valence electrons. The number of nitrogens with zero attached hydrogens (tertiary/aromatic N) is 3. The van der Waals surface area contributed by atoms with E-state index in [9.17, 15) is 4.79 Å². The van der Waals surface area contributed by atoms with Crippen molar-refractivity contribution in [2.24, 2.45) is 0 Å². The predicted octanol–water partition coefficient (Wildman–Crippen LogP) is 4.72. The largest absolute Gasteiger partial charge is 0.302 e. The zero-order valence-corrected chi connectivity index (χ0v) is 17.2. The number of rotatable bonds is 8. The summed E-state index contributed by atoms with van der Waals surface area (Å²) in [5.41, 5.74) is 3.86. The molecule has 0 radical (unpaired) electrons. The summed E-state index contributed by atoms with van der Waals surface area (Å²) >= 11 is 1.68. The number of pyridine rings is 2. The van der Waals surface area contributed by atoms with Gasteiger partial charge in [-0.1, -0.05) is 48.5 Å². The van der Waals surface area contributed by atoms with E-state index >= 15 is 0 Å². The maximum atomic E-state index is 11.8. The standard InChI is InChI=1S/C24H23N3OS/c1-29-17-22(16-28)27(14-20-12-10-18-6-2-4-8-23(18)25-20)15-21-13-11-19-7-3-5-9-24(19)26-21/h2-13,16,22H,14-15,17H2,1H3. The third-order valence-corrected chi connectivity index (χ3v) is 5.68. The lowest BCUT2D eigenvalue weighted by Crippen LogP contribution is -2.37. The van der Waals surface area contributed by atoms with Crippen molar-refractivity contribution in [1.29, 1.82) is 0 Å². The normalized spacial score (nSPS) is 12.5. The number of hydrogen-bond acceptors (Lipinski definition) is 5. The molecule has 4 rings (SSSR count). The van der Waals surface area contributed by atoms with Crippen molar-refractivity contribution in [1.82, 2.24) is 14.9 Å². The summed E-state index contributed by atoms with van der Waals surface area (Å²) in [4.78, 5) is 23.6. The number of carbonyl (C=O) groups excluding carboxylic acids is 1. The third-order valence-electron chi connectivity index (χ3n) is 5.01. The van der Waals surface area contributed by atoms with Gasteiger partial charge in [0.15, 0.2) is 0 Å². The van der Waals surface area contributed by atoms with Gasteiger partial charge >= 0.3 is 0 Å². The lowest BCUT2D eigenvalue weighted by atomic mass is 10.1. The second kappa shape index (κ2) is 9.16. The van der Waals surface area contributed by atoms with Gasteiger partial charge in [0.05, 0.1) is 28.5 Å². The van der Waals surface area contributed by atoms with Crippen molar-refractivity contribution in [2.75, 3.05) is 12.0 Å². The molecule has 5 heteroatoms. The van der Waals surface area contributed by atoms with Crippen LogP contribution >= 0.6 is 11.8 Å². The fourth-order valence-corrected chi connectivity index (χ4v) is 4.13. The molecule has 0 saturated carbocycles. The minimum atomic E-state index is -0.188. The third kappa shape index (κ3) is 4.63. The Kier molecular flexibility index (Phi) is 6.17. The van der Waals surface area contributed by atoms with Crippen molar-refractivity contribution in [3.63, 3.8) is 0 Å². The molecule has 0 aliphatic rings. The van der Waals surface area contributed by atoms with E-state index in [0.29, 0.717) is 13.1 Å². The Bertz CT molecular complexity index is 1050. The van der Waals surface area contributed by atoms with Crippen LogP contribution in [0.15, 0.2) is 72.8 Å². The lowest BCUT2D eigenvalue weighted by molar-refractivity contribution is -0.112. The first-order chi connectivity index (χ1) is 14.3. The van der Waals surface area contributed by atoms with Crippen LogP contribution in [0.2, 0.25) is 0 Å².